The zero-order valence-electron chi connectivity index (χ0n) is 14.0. The van der Waals surface area contributed by atoms with Crippen molar-refractivity contribution in [2.24, 2.45) is 0 Å². The van der Waals surface area contributed by atoms with E-state index in [9.17, 15) is 22.0 Å². The first-order chi connectivity index (χ1) is 12.8. The van der Waals surface area contributed by atoms with Gasteiger partial charge >= 0.3 is 5.76 Å². The summed E-state index contributed by atoms with van der Waals surface area (Å²) >= 11 is 0. The third kappa shape index (κ3) is 3.72. The number of halogens is 2. The van der Waals surface area contributed by atoms with Crippen molar-refractivity contribution in [1.29, 1.82) is 0 Å². The van der Waals surface area contributed by atoms with Gasteiger partial charge < -0.3 is 10.1 Å². The van der Waals surface area contributed by atoms with Crippen LogP contribution in [0, 0.1) is 0 Å². The number of nitrogens with zero attached hydrogens (tertiary/aromatic N) is 1. The van der Waals surface area contributed by atoms with Gasteiger partial charge in [-0.1, -0.05) is 18.2 Å². The number of alkyl halides is 2. The van der Waals surface area contributed by atoms with Gasteiger partial charge in [0.15, 0.2) is 0 Å². The third-order valence-electron chi connectivity index (χ3n) is 3.81. The average Bonchev–Trinajstić information content (AvgIpc) is 2.67. The number of ether oxygens (including phenoxy) is 1. The van der Waals surface area contributed by atoms with Gasteiger partial charge in [-0.25, -0.2) is 13.4 Å². The smallest absolute Gasteiger partial charge is 0.341 e. The maximum atomic E-state index is 12.9. The molecule has 0 saturated heterocycles. The molecule has 0 saturated carbocycles. The zero-order chi connectivity index (χ0) is 19.6. The van der Waals surface area contributed by atoms with E-state index >= 15 is 0 Å². The lowest BCUT2D eigenvalue weighted by molar-refractivity contribution is 0.102. The number of aromatic nitrogens is 1. The highest BCUT2D eigenvalue weighted by atomic mass is 32.2. The molecule has 0 bridgehead atoms. The molecule has 1 N–H and O–H groups in total. The number of methoxy groups -OCH3 is 1. The monoisotopic (exact) mass is 392 g/mol. The van der Waals surface area contributed by atoms with Crippen LogP contribution in [-0.4, -0.2) is 32.2 Å². The van der Waals surface area contributed by atoms with E-state index in [-0.39, 0.29) is 11.4 Å². The first kappa shape index (κ1) is 18.7. The van der Waals surface area contributed by atoms with E-state index in [1.165, 1.54) is 31.4 Å². The number of carbonyl (C=O) groups is 1. The molecule has 1 amide bonds. The Hall–Kier alpha value is -3.07. The molecule has 6 nitrogen and oxygen atoms in total. The van der Waals surface area contributed by atoms with E-state index in [0.29, 0.717) is 11.3 Å². The fraction of sp³-hybridized carbons (Fsp3) is 0.111. The van der Waals surface area contributed by atoms with Crippen LogP contribution in [0.25, 0.3) is 10.9 Å². The van der Waals surface area contributed by atoms with E-state index < -0.39 is 26.4 Å². The number of para-hydroxylation sites is 1. The van der Waals surface area contributed by atoms with Crippen molar-refractivity contribution in [2.75, 3.05) is 12.4 Å². The van der Waals surface area contributed by atoms with Crippen LogP contribution in [0.1, 0.15) is 10.5 Å². The lowest BCUT2D eigenvalue weighted by atomic mass is 10.2. The Labute approximate surface area is 153 Å². The van der Waals surface area contributed by atoms with Gasteiger partial charge in [-0.2, -0.15) is 8.78 Å². The Kier molecular flexibility index (Phi) is 5.04. The predicted molar refractivity (Wildman–Crippen MR) is 95.9 cm³/mol. The van der Waals surface area contributed by atoms with Crippen LogP contribution in [0.2, 0.25) is 0 Å². The van der Waals surface area contributed by atoms with Crippen LogP contribution in [0.5, 0.6) is 5.75 Å². The average molecular weight is 392 g/mol. The highest BCUT2D eigenvalue weighted by Gasteiger charge is 2.29. The van der Waals surface area contributed by atoms with E-state index in [1.54, 1.807) is 24.3 Å². The third-order valence-corrected chi connectivity index (χ3v) is 5.24. The minimum Gasteiger partial charge on any atom is -0.497 e. The van der Waals surface area contributed by atoms with Gasteiger partial charge in [0, 0.05) is 5.39 Å². The molecule has 1 heterocycles. The summed E-state index contributed by atoms with van der Waals surface area (Å²) in [5, 5.41) is 3.08. The SMILES string of the molecule is COc1ccc2nc(C(=O)Nc3ccccc3S(=O)(=O)C(F)F)ccc2c1. The van der Waals surface area contributed by atoms with Gasteiger partial charge in [0.2, 0.25) is 9.84 Å². The number of hydrogen-bond acceptors (Lipinski definition) is 5. The molecular formula is C18H14F2N2O4S. The van der Waals surface area contributed by atoms with Crippen molar-refractivity contribution in [3.05, 3.63) is 60.3 Å². The molecule has 1 aromatic heterocycles. The number of carbonyl (C=O) groups excluding carboxylic acids is 1. The van der Waals surface area contributed by atoms with Crippen LogP contribution >= 0.6 is 0 Å². The molecule has 2 aromatic carbocycles. The van der Waals surface area contributed by atoms with Crippen LogP contribution in [-0.2, 0) is 9.84 Å². The molecular weight excluding hydrogens is 378 g/mol. The molecule has 0 radical (unpaired) electrons. The topological polar surface area (TPSA) is 85.4 Å². The number of fused-ring (bicyclic) bond motifs is 1. The number of benzene rings is 2. The normalized spacial score (nSPS) is 11.6. The van der Waals surface area contributed by atoms with Gasteiger partial charge in [-0.3, -0.25) is 4.79 Å². The second-order valence-electron chi connectivity index (χ2n) is 5.51. The number of nitrogens with one attached hydrogen (secondary N) is 1. The van der Waals surface area contributed by atoms with Crippen molar-refractivity contribution in [2.45, 2.75) is 10.7 Å². The first-order valence-electron chi connectivity index (χ1n) is 7.70. The molecule has 3 rings (SSSR count). The van der Waals surface area contributed by atoms with Gasteiger partial charge in [0.1, 0.15) is 11.4 Å². The molecule has 0 atom stereocenters. The number of rotatable bonds is 5. The highest BCUT2D eigenvalue weighted by Crippen LogP contribution is 2.26. The summed E-state index contributed by atoms with van der Waals surface area (Å²) < 4.78 is 54.4. The zero-order valence-corrected chi connectivity index (χ0v) is 14.8. The standard InChI is InChI=1S/C18H14F2N2O4S/c1-26-12-7-9-13-11(10-12)6-8-15(21-13)17(23)22-14-4-2-3-5-16(14)27(24,25)18(19)20/h2-10,18H,1H3,(H,22,23). The number of hydrogen-bond donors (Lipinski definition) is 1. The highest BCUT2D eigenvalue weighted by molar-refractivity contribution is 7.91. The van der Waals surface area contributed by atoms with Crippen molar-refractivity contribution < 1.29 is 26.7 Å². The fourth-order valence-electron chi connectivity index (χ4n) is 2.46. The minimum atomic E-state index is -4.86. The van der Waals surface area contributed by atoms with Gasteiger partial charge in [-0.05, 0) is 36.4 Å². The maximum absolute atomic E-state index is 12.9. The molecule has 0 aliphatic heterocycles. The van der Waals surface area contributed by atoms with Crippen molar-refractivity contribution in [3.8, 4) is 5.75 Å². The predicted octanol–water partition coefficient (Wildman–Crippen LogP) is 3.49. The van der Waals surface area contributed by atoms with Crippen molar-refractivity contribution in [1.82, 2.24) is 4.98 Å². The summed E-state index contributed by atoms with van der Waals surface area (Å²) in [6.07, 6.45) is 0. The maximum Gasteiger partial charge on any atom is 0.341 e. The Morgan fingerprint density at radius 3 is 2.56 bits per heavy atom. The Morgan fingerprint density at radius 1 is 1.11 bits per heavy atom. The van der Waals surface area contributed by atoms with Crippen molar-refractivity contribution in [3.63, 3.8) is 0 Å². The molecule has 9 heteroatoms. The molecule has 0 aliphatic rings. The van der Waals surface area contributed by atoms with Gasteiger partial charge in [0.05, 0.1) is 23.2 Å². The summed E-state index contributed by atoms with van der Waals surface area (Å²) in [6.45, 7) is 0. The van der Waals surface area contributed by atoms with Gasteiger partial charge in [0.25, 0.3) is 5.91 Å². The van der Waals surface area contributed by atoms with E-state index in [0.717, 1.165) is 11.5 Å². The van der Waals surface area contributed by atoms with E-state index in [4.69, 9.17) is 4.74 Å². The second-order valence-corrected chi connectivity index (χ2v) is 7.40. The molecule has 0 spiro atoms. The molecule has 3 aromatic rings. The molecule has 0 unspecified atom stereocenters. The van der Waals surface area contributed by atoms with Crippen LogP contribution in [0.15, 0.2) is 59.5 Å². The lowest BCUT2D eigenvalue weighted by Crippen LogP contribution is -2.18. The number of anilines is 1. The number of amides is 1. The van der Waals surface area contributed by atoms with E-state index in [1.807, 2.05) is 0 Å². The first-order valence-corrected chi connectivity index (χ1v) is 9.25. The van der Waals surface area contributed by atoms with Crippen LogP contribution in [0.4, 0.5) is 14.5 Å². The quantitative estimate of drug-likeness (QED) is 0.718. The Bertz CT molecular complexity index is 1120. The summed E-state index contributed by atoms with van der Waals surface area (Å²) in [7, 11) is -3.33. The van der Waals surface area contributed by atoms with Crippen molar-refractivity contribution >= 4 is 32.3 Å². The molecule has 0 aliphatic carbocycles. The summed E-state index contributed by atoms with van der Waals surface area (Å²) in [5.74, 6) is -3.68. The van der Waals surface area contributed by atoms with E-state index in [2.05, 4.69) is 10.3 Å². The fourth-order valence-corrected chi connectivity index (χ4v) is 3.34. The minimum absolute atomic E-state index is 0.0110. The summed E-state index contributed by atoms with van der Waals surface area (Å²) in [6, 6.07) is 13.2. The number of sulfone groups is 1. The molecule has 27 heavy (non-hydrogen) atoms. The largest absolute Gasteiger partial charge is 0.497 e. The van der Waals surface area contributed by atoms with Crippen LogP contribution in [0.3, 0.4) is 0 Å². The Balaban J connectivity index is 1.94. The second kappa shape index (κ2) is 7.28. The summed E-state index contributed by atoms with van der Waals surface area (Å²) in [4.78, 5) is 16.0. The molecule has 0 fully saturated rings. The Morgan fingerprint density at radius 2 is 1.85 bits per heavy atom. The van der Waals surface area contributed by atoms with Gasteiger partial charge in [-0.15, -0.1) is 0 Å². The molecule has 140 valence electrons. The number of pyridine rings is 1. The van der Waals surface area contributed by atoms with Crippen LogP contribution < -0.4 is 10.1 Å². The summed E-state index contributed by atoms with van der Waals surface area (Å²) in [5.41, 5.74) is 0.299. The lowest BCUT2D eigenvalue weighted by Gasteiger charge is -2.11.